The summed E-state index contributed by atoms with van der Waals surface area (Å²) < 4.78 is 5.11. The monoisotopic (exact) mass is 387 g/mol. The Kier molecular flexibility index (Phi) is 4.98. The molecule has 1 aromatic carbocycles. The molecular weight excluding hydrogens is 370 g/mol. The molecule has 3 aromatic heterocycles. The number of hydrogen-bond donors (Lipinski definition) is 2. The van der Waals surface area contributed by atoms with E-state index in [1.54, 1.807) is 42.9 Å². The van der Waals surface area contributed by atoms with E-state index in [0.29, 0.717) is 28.2 Å². The molecule has 0 fully saturated rings. The molecule has 8 heteroatoms. The van der Waals surface area contributed by atoms with Gasteiger partial charge in [-0.2, -0.15) is 0 Å². The maximum atomic E-state index is 12.3. The molecular formula is C21H17N5O3. The molecule has 8 nitrogen and oxygen atoms in total. The highest BCUT2D eigenvalue weighted by atomic mass is 16.5. The minimum Gasteiger partial charge on any atom is -0.452 e. The van der Waals surface area contributed by atoms with E-state index < -0.39 is 18.5 Å². The number of carbonyl (C=O) groups is 2. The number of anilines is 1. The molecule has 0 radical (unpaired) electrons. The maximum Gasteiger partial charge on any atom is 0.338 e. The van der Waals surface area contributed by atoms with Crippen LogP contribution in [0.1, 0.15) is 15.9 Å². The maximum absolute atomic E-state index is 12.3. The summed E-state index contributed by atoms with van der Waals surface area (Å²) >= 11 is 0. The van der Waals surface area contributed by atoms with Crippen LogP contribution in [0.5, 0.6) is 0 Å². The molecule has 0 saturated carbocycles. The molecule has 2 N–H and O–H groups in total. The fourth-order valence-corrected chi connectivity index (χ4v) is 2.77. The molecule has 29 heavy (non-hydrogen) atoms. The van der Waals surface area contributed by atoms with Crippen LogP contribution in [-0.2, 0) is 9.53 Å². The number of ether oxygens (including phenoxy) is 1. The third-order valence-corrected chi connectivity index (χ3v) is 4.17. The number of amides is 1. The minimum absolute atomic E-state index is 0.320. The van der Waals surface area contributed by atoms with Crippen LogP contribution < -0.4 is 5.32 Å². The number of nitrogens with one attached hydrogen (secondary N) is 2. The van der Waals surface area contributed by atoms with Gasteiger partial charge in [0.2, 0.25) is 0 Å². The molecule has 0 spiro atoms. The summed E-state index contributed by atoms with van der Waals surface area (Å²) in [5.74, 6) is 0.00576. The Balaban J connectivity index is 1.42. The van der Waals surface area contributed by atoms with Crippen molar-refractivity contribution in [1.82, 2.24) is 19.9 Å². The van der Waals surface area contributed by atoms with Crippen LogP contribution in [0.25, 0.3) is 22.4 Å². The average molecular weight is 387 g/mol. The lowest BCUT2D eigenvalue weighted by molar-refractivity contribution is -0.119. The third kappa shape index (κ3) is 4.27. The summed E-state index contributed by atoms with van der Waals surface area (Å²) in [5.41, 5.74) is 3.52. The first-order valence-corrected chi connectivity index (χ1v) is 8.88. The van der Waals surface area contributed by atoms with Gasteiger partial charge in [-0.15, -0.1) is 0 Å². The molecule has 3 heterocycles. The van der Waals surface area contributed by atoms with Gasteiger partial charge in [-0.3, -0.25) is 9.78 Å². The van der Waals surface area contributed by atoms with Crippen molar-refractivity contribution in [2.75, 3.05) is 11.9 Å². The van der Waals surface area contributed by atoms with Crippen molar-refractivity contribution >= 4 is 28.7 Å². The van der Waals surface area contributed by atoms with Crippen molar-refractivity contribution in [3.8, 4) is 11.4 Å². The number of aromatic amines is 1. The smallest absolute Gasteiger partial charge is 0.338 e. The van der Waals surface area contributed by atoms with Crippen LogP contribution in [0.2, 0.25) is 0 Å². The van der Waals surface area contributed by atoms with E-state index in [9.17, 15) is 9.59 Å². The van der Waals surface area contributed by atoms with Crippen LogP contribution >= 0.6 is 0 Å². The number of hydrogen-bond acceptors (Lipinski definition) is 6. The van der Waals surface area contributed by atoms with Gasteiger partial charge in [-0.1, -0.05) is 0 Å². The fourth-order valence-electron chi connectivity index (χ4n) is 2.77. The first kappa shape index (κ1) is 18.3. The molecule has 0 saturated heterocycles. The summed E-state index contributed by atoms with van der Waals surface area (Å²) in [7, 11) is 0. The second-order valence-electron chi connectivity index (χ2n) is 6.40. The summed E-state index contributed by atoms with van der Waals surface area (Å²) in [6.07, 6.45) is 4.98. The van der Waals surface area contributed by atoms with E-state index in [2.05, 4.69) is 25.3 Å². The van der Waals surface area contributed by atoms with Crippen molar-refractivity contribution in [2.24, 2.45) is 0 Å². The molecule has 0 unspecified atom stereocenters. The first-order valence-electron chi connectivity index (χ1n) is 8.88. The second kappa shape index (κ2) is 7.89. The number of fused-ring (bicyclic) bond motifs is 1. The van der Waals surface area contributed by atoms with Gasteiger partial charge in [0.15, 0.2) is 6.61 Å². The molecule has 0 aliphatic carbocycles. The molecule has 144 valence electrons. The Morgan fingerprint density at radius 1 is 1.14 bits per heavy atom. The molecule has 0 bridgehead atoms. The predicted molar refractivity (Wildman–Crippen MR) is 107 cm³/mol. The summed E-state index contributed by atoms with van der Waals surface area (Å²) in [4.78, 5) is 40.1. The third-order valence-electron chi connectivity index (χ3n) is 4.17. The predicted octanol–water partition coefficient (Wildman–Crippen LogP) is 3.12. The molecule has 0 aliphatic rings. The number of benzene rings is 1. The molecule has 0 atom stereocenters. The fraction of sp³-hybridized carbons (Fsp3) is 0.0952. The lowest BCUT2D eigenvalue weighted by Crippen LogP contribution is -2.21. The Morgan fingerprint density at radius 3 is 2.83 bits per heavy atom. The van der Waals surface area contributed by atoms with Crippen molar-refractivity contribution in [3.63, 3.8) is 0 Å². The SMILES string of the molecule is Cc1ccnc(NC(=O)COC(=O)c2ccc3nc(-c4cccnc4)[nH]c3c2)c1. The van der Waals surface area contributed by atoms with Crippen LogP contribution in [-0.4, -0.2) is 38.4 Å². The van der Waals surface area contributed by atoms with Gasteiger partial charge in [0.25, 0.3) is 5.91 Å². The number of rotatable bonds is 5. The van der Waals surface area contributed by atoms with Gasteiger partial charge < -0.3 is 15.0 Å². The number of aryl methyl sites for hydroxylation is 1. The standard InChI is InChI=1S/C21H17N5O3/c1-13-6-8-23-18(9-13)26-19(27)12-29-21(28)14-4-5-16-17(10-14)25-20(24-16)15-3-2-7-22-11-15/h2-11H,12H2,1H3,(H,24,25)(H,23,26,27). The number of aromatic nitrogens is 4. The first-order chi connectivity index (χ1) is 14.1. The Morgan fingerprint density at radius 2 is 2.03 bits per heavy atom. The van der Waals surface area contributed by atoms with Gasteiger partial charge in [0.1, 0.15) is 11.6 Å². The number of esters is 1. The van der Waals surface area contributed by atoms with Gasteiger partial charge in [-0.05, 0) is 55.0 Å². The number of imidazole rings is 1. The van der Waals surface area contributed by atoms with Crippen molar-refractivity contribution in [2.45, 2.75) is 6.92 Å². The Bertz CT molecular complexity index is 1190. The highest BCUT2D eigenvalue weighted by Gasteiger charge is 2.13. The Hall–Kier alpha value is -4.07. The van der Waals surface area contributed by atoms with Crippen molar-refractivity contribution in [1.29, 1.82) is 0 Å². The zero-order valence-corrected chi connectivity index (χ0v) is 15.5. The van der Waals surface area contributed by atoms with Gasteiger partial charge in [-0.25, -0.2) is 14.8 Å². The highest BCUT2D eigenvalue weighted by molar-refractivity contribution is 5.97. The zero-order chi connectivity index (χ0) is 20.2. The second-order valence-corrected chi connectivity index (χ2v) is 6.40. The average Bonchev–Trinajstić information content (AvgIpc) is 3.16. The minimum atomic E-state index is -0.600. The number of carbonyl (C=O) groups excluding carboxylic acids is 2. The molecule has 0 aliphatic heterocycles. The summed E-state index contributed by atoms with van der Waals surface area (Å²) in [6.45, 7) is 1.49. The van der Waals surface area contributed by atoms with Crippen molar-refractivity contribution in [3.05, 3.63) is 72.2 Å². The van der Waals surface area contributed by atoms with E-state index >= 15 is 0 Å². The van der Waals surface area contributed by atoms with Gasteiger partial charge in [0.05, 0.1) is 16.6 Å². The van der Waals surface area contributed by atoms with Crippen molar-refractivity contribution < 1.29 is 14.3 Å². The zero-order valence-electron chi connectivity index (χ0n) is 15.5. The highest BCUT2D eigenvalue weighted by Crippen LogP contribution is 2.21. The van der Waals surface area contributed by atoms with Crippen LogP contribution in [0.15, 0.2) is 61.1 Å². The number of H-pyrrole nitrogens is 1. The number of pyridine rings is 2. The number of nitrogens with zero attached hydrogens (tertiary/aromatic N) is 3. The van der Waals surface area contributed by atoms with Gasteiger partial charge >= 0.3 is 5.97 Å². The summed E-state index contributed by atoms with van der Waals surface area (Å²) in [5, 5.41) is 2.59. The Labute approximate surface area is 166 Å². The lowest BCUT2D eigenvalue weighted by atomic mass is 10.2. The molecule has 4 rings (SSSR count). The molecule has 1 amide bonds. The van der Waals surface area contributed by atoms with Crippen LogP contribution in [0, 0.1) is 6.92 Å². The molecule has 4 aromatic rings. The lowest BCUT2D eigenvalue weighted by Gasteiger charge is -2.06. The normalized spacial score (nSPS) is 10.7. The van der Waals surface area contributed by atoms with E-state index in [4.69, 9.17) is 4.74 Å². The van der Waals surface area contributed by atoms with E-state index in [0.717, 1.165) is 11.1 Å². The van der Waals surface area contributed by atoms with E-state index in [-0.39, 0.29) is 0 Å². The van der Waals surface area contributed by atoms with Crippen LogP contribution in [0.3, 0.4) is 0 Å². The van der Waals surface area contributed by atoms with Crippen LogP contribution in [0.4, 0.5) is 5.82 Å². The van der Waals surface area contributed by atoms with E-state index in [1.807, 2.05) is 25.1 Å². The largest absolute Gasteiger partial charge is 0.452 e. The quantitative estimate of drug-likeness (QED) is 0.509. The summed E-state index contributed by atoms with van der Waals surface area (Å²) in [6, 6.07) is 12.2. The van der Waals surface area contributed by atoms with Gasteiger partial charge in [0, 0.05) is 24.2 Å². The topological polar surface area (TPSA) is 110 Å². The van der Waals surface area contributed by atoms with E-state index in [1.165, 1.54) is 0 Å².